The summed E-state index contributed by atoms with van der Waals surface area (Å²) in [5.74, 6) is 2.25. The van der Waals surface area contributed by atoms with E-state index in [0.717, 1.165) is 38.8 Å². The topological polar surface area (TPSA) is 36.9 Å². The van der Waals surface area contributed by atoms with Gasteiger partial charge in [0.15, 0.2) is 5.96 Å². The first kappa shape index (κ1) is 18.5. The molecule has 3 rings (SSSR count). The summed E-state index contributed by atoms with van der Waals surface area (Å²) in [7, 11) is 2.13. The second-order valence-corrected chi connectivity index (χ2v) is 6.40. The Labute approximate surface area is 156 Å². The number of nitrogens with zero attached hydrogens (tertiary/aromatic N) is 2. The summed E-state index contributed by atoms with van der Waals surface area (Å²) < 4.78 is 5.47. The Morgan fingerprint density at radius 3 is 2.91 bits per heavy atom. The van der Waals surface area contributed by atoms with Crippen molar-refractivity contribution in [3.8, 4) is 0 Å². The van der Waals surface area contributed by atoms with E-state index in [2.05, 4.69) is 48.5 Å². The molecular formula is C18H28IN3O. The van der Waals surface area contributed by atoms with Gasteiger partial charge < -0.3 is 15.0 Å². The summed E-state index contributed by atoms with van der Waals surface area (Å²) in [4.78, 5) is 7.12. The lowest BCUT2D eigenvalue weighted by molar-refractivity contribution is 0.181. The summed E-state index contributed by atoms with van der Waals surface area (Å²) in [6.07, 6.45) is 2.33. The smallest absolute Gasteiger partial charge is 0.193 e. The highest BCUT2D eigenvalue weighted by Crippen LogP contribution is 2.34. The molecule has 2 unspecified atom stereocenters. The van der Waals surface area contributed by atoms with Crippen molar-refractivity contribution in [1.29, 1.82) is 0 Å². The molecule has 0 spiro atoms. The van der Waals surface area contributed by atoms with E-state index in [-0.39, 0.29) is 24.0 Å². The average Bonchev–Trinajstić information content (AvgIpc) is 3.00. The highest BCUT2D eigenvalue weighted by Gasteiger charge is 2.25. The quantitative estimate of drug-likeness (QED) is 0.445. The Morgan fingerprint density at radius 1 is 1.39 bits per heavy atom. The van der Waals surface area contributed by atoms with Crippen LogP contribution in [0.25, 0.3) is 0 Å². The van der Waals surface area contributed by atoms with Gasteiger partial charge in [-0.05, 0) is 30.9 Å². The molecule has 1 fully saturated rings. The molecule has 1 aromatic carbocycles. The Hall–Kier alpha value is -0.820. The number of nitrogens with one attached hydrogen (secondary N) is 1. The summed E-state index contributed by atoms with van der Waals surface area (Å²) in [6.45, 7) is 6.73. The van der Waals surface area contributed by atoms with E-state index < -0.39 is 0 Å². The third-order valence-corrected chi connectivity index (χ3v) is 4.68. The predicted octanol–water partition coefficient (Wildman–Crippen LogP) is 2.88. The zero-order valence-corrected chi connectivity index (χ0v) is 16.5. The molecule has 23 heavy (non-hydrogen) atoms. The SMILES string of the molecule is CCNC(=NCC1Cc2ccccc21)N(C)CC1CCOC1.I. The number of aliphatic imine (C=N–C) groups is 1. The lowest BCUT2D eigenvalue weighted by atomic mass is 9.78. The number of ether oxygens (including phenoxy) is 1. The molecule has 1 heterocycles. The monoisotopic (exact) mass is 429 g/mol. The molecule has 0 bridgehead atoms. The maximum atomic E-state index is 5.47. The second kappa shape index (κ2) is 8.87. The highest BCUT2D eigenvalue weighted by atomic mass is 127. The number of hydrogen-bond donors (Lipinski definition) is 1. The minimum atomic E-state index is 0. The normalized spacial score (nSPS) is 22.8. The molecular weight excluding hydrogens is 401 g/mol. The van der Waals surface area contributed by atoms with Gasteiger partial charge in [0, 0.05) is 45.1 Å². The third kappa shape index (κ3) is 4.59. The van der Waals surface area contributed by atoms with Gasteiger partial charge in [-0.2, -0.15) is 0 Å². The van der Waals surface area contributed by atoms with Crippen LogP contribution >= 0.6 is 24.0 Å². The molecule has 1 saturated heterocycles. The first-order valence-electron chi connectivity index (χ1n) is 8.43. The van der Waals surface area contributed by atoms with Gasteiger partial charge in [-0.1, -0.05) is 24.3 Å². The van der Waals surface area contributed by atoms with E-state index in [9.17, 15) is 0 Å². The first-order chi connectivity index (χ1) is 10.8. The summed E-state index contributed by atoms with van der Waals surface area (Å²) in [5, 5.41) is 3.42. The van der Waals surface area contributed by atoms with Gasteiger partial charge in [-0.25, -0.2) is 0 Å². The number of hydrogen-bond acceptors (Lipinski definition) is 2. The van der Waals surface area contributed by atoms with Gasteiger partial charge in [0.05, 0.1) is 6.61 Å². The van der Waals surface area contributed by atoms with Crippen LogP contribution in [0.5, 0.6) is 0 Å². The molecule has 0 radical (unpaired) electrons. The standard InChI is InChI=1S/C18H27N3O.HI/c1-3-19-18(21(2)12-14-8-9-22-13-14)20-11-16-10-15-6-4-5-7-17(15)16;/h4-7,14,16H,3,8-13H2,1-2H3,(H,19,20);1H. The zero-order valence-electron chi connectivity index (χ0n) is 14.1. The number of benzene rings is 1. The third-order valence-electron chi connectivity index (χ3n) is 4.68. The summed E-state index contributed by atoms with van der Waals surface area (Å²) in [6, 6.07) is 8.73. The van der Waals surface area contributed by atoms with E-state index in [1.807, 2.05) is 0 Å². The Bertz CT molecular complexity index is 529. The molecule has 2 aliphatic rings. The molecule has 1 N–H and O–H groups in total. The van der Waals surface area contributed by atoms with Crippen molar-refractivity contribution in [2.75, 3.05) is 39.9 Å². The minimum Gasteiger partial charge on any atom is -0.381 e. The van der Waals surface area contributed by atoms with E-state index >= 15 is 0 Å². The van der Waals surface area contributed by atoms with Crippen LogP contribution < -0.4 is 5.32 Å². The lowest BCUT2D eigenvalue weighted by Crippen LogP contribution is -2.42. The maximum Gasteiger partial charge on any atom is 0.193 e. The van der Waals surface area contributed by atoms with Crippen molar-refractivity contribution in [3.63, 3.8) is 0 Å². The molecule has 0 saturated carbocycles. The zero-order chi connectivity index (χ0) is 15.4. The Balaban J connectivity index is 0.00000192. The molecule has 1 aromatic rings. The van der Waals surface area contributed by atoms with Crippen LogP contribution in [0.2, 0.25) is 0 Å². The fraction of sp³-hybridized carbons (Fsp3) is 0.611. The van der Waals surface area contributed by atoms with Crippen molar-refractivity contribution in [2.24, 2.45) is 10.9 Å². The van der Waals surface area contributed by atoms with Crippen LogP contribution in [0.1, 0.15) is 30.4 Å². The fourth-order valence-electron chi connectivity index (χ4n) is 3.39. The van der Waals surface area contributed by atoms with E-state index in [0.29, 0.717) is 11.8 Å². The lowest BCUT2D eigenvalue weighted by Gasteiger charge is -2.30. The van der Waals surface area contributed by atoms with Crippen LogP contribution in [0.15, 0.2) is 29.3 Å². The number of guanidine groups is 1. The minimum absolute atomic E-state index is 0. The summed E-state index contributed by atoms with van der Waals surface area (Å²) in [5.41, 5.74) is 2.97. The van der Waals surface area contributed by atoms with Gasteiger partial charge >= 0.3 is 0 Å². The van der Waals surface area contributed by atoms with E-state index in [4.69, 9.17) is 9.73 Å². The van der Waals surface area contributed by atoms with Crippen molar-refractivity contribution in [3.05, 3.63) is 35.4 Å². The predicted molar refractivity (Wildman–Crippen MR) is 106 cm³/mol. The van der Waals surface area contributed by atoms with Crippen molar-refractivity contribution in [2.45, 2.75) is 25.7 Å². The fourth-order valence-corrected chi connectivity index (χ4v) is 3.39. The molecule has 0 amide bonds. The molecule has 1 aliphatic heterocycles. The van der Waals surface area contributed by atoms with Gasteiger partial charge in [0.2, 0.25) is 0 Å². The Kier molecular flexibility index (Phi) is 7.14. The highest BCUT2D eigenvalue weighted by molar-refractivity contribution is 14.0. The maximum absolute atomic E-state index is 5.47. The van der Waals surface area contributed by atoms with Gasteiger partial charge in [0.1, 0.15) is 0 Å². The van der Waals surface area contributed by atoms with Crippen molar-refractivity contribution < 1.29 is 4.74 Å². The second-order valence-electron chi connectivity index (χ2n) is 6.40. The molecule has 128 valence electrons. The van der Waals surface area contributed by atoms with E-state index in [1.165, 1.54) is 24.0 Å². The van der Waals surface area contributed by atoms with Gasteiger partial charge in [-0.3, -0.25) is 4.99 Å². The van der Waals surface area contributed by atoms with Crippen LogP contribution in [0.3, 0.4) is 0 Å². The van der Waals surface area contributed by atoms with Crippen molar-refractivity contribution >= 4 is 29.9 Å². The molecule has 1 aliphatic carbocycles. The largest absolute Gasteiger partial charge is 0.381 e. The average molecular weight is 429 g/mol. The number of rotatable bonds is 5. The van der Waals surface area contributed by atoms with Gasteiger partial charge in [0.25, 0.3) is 0 Å². The van der Waals surface area contributed by atoms with Crippen molar-refractivity contribution in [1.82, 2.24) is 10.2 Å². The Morgan fingerprint density at radius 2 is 2.22 bits per heavy atom. The van der Waals surface area contributed by atoms with Crippen LogP contribution in [-0.4, -0.2) is 50.8 Å². The van der Waals surface area contributed by atoms with Crippen LogP contribution in [0, 0.1) is 5.92 Å². The van der Waals surface area contributed by atoms with Crippen LogP contribution in [-0.2, 0) is 11.2 Å². The molecule has 0 aromatic heterocycles. The summed E-state index contributed by atoms with van der Waals surface area (Å²) >= 11 is 0. The molecule has 4 nitrogen and oxygen atoms in total. The molecule has 2 atom stereocenters. The number of halogens is 1. The van der Waals surface area contributed by atoms with Gasteiger partial charge in [-0.15, -0.1) is 24.0 Å². The van der Waals surface area contributed by atoms with Crippen LogP contribution in [0.4, 0.5) is 0 Å². The molecule has 5 heteroatoms. The first-order valence-corrected chi connectivity index (χ1v) is 8.43. The van der Waals surface area contributed by atoms with E-state index in [1.54, 1.807) is 0 Å². The number of fused-ring (bicyclic) bond motifs is 1.